The molecule has 3 atom stereocenters. The third-order valence-electron chi connectivity index (χ3n) is 5.15. The highest BCUT2D eigenvalue weighted by molar-refractivity contribution is 7.92. The van der Waals surface area contributed by atoms with Crippen molar-refractivity contribution < 1.29 is 42.2 Å². The largest absolute Gasteiger partial charge is 0.480 e. The molecule has 0 spiro atoms. The second-order valence-electron chi connectivity index (χ2n) is 8.49. The lowest BCUT2D eigenvalue weighted by atomic mass is 9.96. The van der Waals surface area contributed by atoms with Crippen LogP contribution in [0.15, 0.2) is 36.7 Å². The number of ether oxygens (including phenoxy) is 1. The molecule has 0 bridgehead atoms. The fourth-order valence-corrected chi connectivity index (χ4v) is 4.38. The van der Waals surface area contributed by atoms with E-state index in [0.29, 0.717) is 11.8 Å². The molecule has 0 aliphatic rings. The van der Waals surface area contributed by atoms with E-state index >= 15 is 0 Å². The van der Waals surface area contributed by atoms with Crippen LogP contribution >= 0.6 is 0 Å². The van der Waals surface area contributed by atoms with Crippen molar-refractivity contribution in [3.8, 4) is 11.6 Å². The first-order valence-electron chi connectivity index (χ1n) is 10.3. The highest BCUT2D eigenvalue weighted by Crippen LogP contribution is 2.41. The second kappa shape index (κ2) is 10.4. The standard InChI is InChI=1S/C21H27F3N4O6S/c1-19(2,31)13-4-3-5-14(10-13)34-17-12-27-16(11-28-17)20(32,21(22,23)24)7-9-35(26,33)8-6-15(25)18(29)30/h3-5,10-12,15,26,31-32H,6-9,25H2,1-2H3,(H,29,30)/t15-,20?,35?/m0/s1. The number of aromatic nitrogens is 2. The summed E-state index contributed by atoms with van der Waals surface area (Å²) in [5.41, 5.74) is 0.201. The van der Waals surface area contributed by atoms with E-state index in [2.05, 4.69) is 9.97 Å². The molecule has 0 saturated carbocycles. The molecular formula is C21H27F3N4O6S. The number of nitrogens with two attached hydrogens (primary N) is 1. The van der Waals surface area contributed by atoms with Gasteiger partial charge in [0.2, 0.25) is 11.5 Å². The van der Waals surface area contributed by atoms with E-state index in [9.17, 15) is 32.4 Å². The summed E-state index contributed by atoms with van der Waals surface area (Å²) in [6.07, 6.45) is -5.24. The molecule has 2 unspecified atom stereocenters. The fourth-order valence-electron chi connectivity index (χ4n) is 2.91. The van der Waals surface area contributed by atoms with Gasteiger partial charge in [-0.1, -0.05) is 12.1 Å². The van der Waals surface area contributed by atoms with Crippen molar-refractivity contribution in [1.29, 1.82) is 4.78 Å². The van der Waals surface area contributed by atoms with Gasteiger partial charge in [0.15, 0.2) is 0 Å². The van der Waals surface area contributed by atoms with Gasteiger partial charge in [0.1, 0.15) is 11.8 Å². The van der Waals surface area contributed by atoms with Crippen molar-refractivity contribution in [3.05, 3.63) is 47.9 Å². The van der Waals surface area contributed by atoms with Crippen molar-refractivity contribution in [1.82, 2.24) is 9.97 Å². The Morgan fingerprint density at radius 2 is 1.86 bits per heavy atom. The van der Waals surface area contributed by atoms with Crippen LogP contribution in [-0.2, 0) is 25.7 Å². The molecule has 2 aromatic rings. The third kappa shape index (κ3) is 7.59. The van der Waals surface area contributed by atoms with Crippen molar-refractivity contribution in [2.75, 3.05) is 11.5 Å². The Kier molecular flexibility index (Phi) is 8.48. The van der Waals surface area contributed by atoms with Crippen molar-refractivity contribution >= 4 is 15.7 Å². The van der Waals surface area contributed by atoms with Crippen LogP contribution in [0.2, 0.25) is 0 Å². The number of alkyl halides is 3. The maximum absolute atomic E-state index is 13.8. The fraction of sp³-hybridized carbons (Fsp3) is 0.476. The van der Waals surface area contributed by atoms with Crippen molar-refractivity contribution in [2.45, 2.75) is 50.1 Å². The Bertz CT molecular complexity index is 1140. The van der Waals surface area contributed by atoms with E-state index in [1.807, 2.05) is 0 Å². The summed E-state index contributed by atoms with van der Waals surface area (Å²) in [6.45, 7) is 3.13. The Hall–Kier alpha value is -2.81. The van der Waals surface area contributed by atoms with Gasteiger partial charge in [-0.15, -0.1) is 0 Å². The smallest absolute Gasteiger partial charge is 0.423 e. The van der Waals surface area contributed by atoms with Crippen LogP contribution in [0.3, 0.4) is 0 Å². The molecule has 35 heavy (non-hydrogen) atoms. The topological polar surface area (TPSA) is 180 Å². The van der Waals surface area contributed by atoms with Crippen LogP contribution in [0, 0.1) is 4.78 Å². The summed E-state index contributed by atoms with van der Waals surface area (Å²) in [5.74, 6) is -2.75. The van der Waals surface area contributed by atoms with Crippen LogP contribution in [0.25, 0.3) is 0 Å². The van der Waals surface area contributed by atoms with Gasteiger partial charge in [0.25, 0.3) is 0 Å². The monoisotopic (exact) mass is 520 g/mol. The number of aliphatic carboxylic acids is 1. The summed E-state index contributed by atoms with van der Waals surface area (Å²) < 4.78 is 66.9. The molecular weight excluding hydrogens is 493 g/mol. The minimum atomic E-state index is -5.24. The van der Waals surface area contributed by atoms with Crippen LogP contribution in [0.5, 0.6) is 11.6 Å². The van der Waals surface area contributed by atoms with Gasteiger partial charge in [-0.3, -0.25) is 14.6 Å². The molecule has 0 saturated heterocycles. The van der Waals surface area contributed by atoms with Crippen LogP contribution in [-0.4, -0.2) is 59.2 Å². The molecule has 0 amide bonds. The van der Waals surface area contributed by atoms with E-state index in [1.165, 1.54) is 12.1 Å². The minimum absolute atomic E-state index is 0.182. The highest BCUT2D eigenvalue weighted by atomic mass is 32.2. The first kappa shape index (κ1) is 28.4. The molecule has 1 heterocycles. The van der Waals surface area contributed by atoms with E-state index in [4.69, 9.17) is 20.4 Å². The van der Waals surface area contributed by atoms with Gasteiger partial charge in [0, 0.05) is 27.7 Å². The molecule has 0 fully saturated rings. The minimum Gasteiger partial charge on any atom is -0.480 e. The normalized spacial score (nSPS) is 16.7. The summed E-state index contributed by atoms with van der Waals surface area (Å²) in [5, 5.41) is 29.3. The average molecular weight is 521 g/mol. The molecule has 0 aliphatic heterocycles. The quantitative estimate of drug-likeness (QED) is 0.297. The number of hydrogen-bond donors (Lipinski definition) is 5. The molecule has 6 N–H and O–H groups in total. The first-order valence-corrected chi connectivity index (χ1v) is 12.2. The third-order valence-corrected chi connectivity index (χ3v) is 6.91. The van der Waals surface area contributed by atoms with Gasteiger partial charge >= 0.3 is 12.1 Å². The molecule has 0 radical (unpaired) electrons. The van der Waals surface area contributed by atoms with Gasteiger partial charge in [-0.2, -0.15) is 13.2 Å². The number of hydrogen-bond acceptors (Lipinski definition) is 9. The lowest BCUT2D eigenvalue weighted by Crippen LogP contribution is -2.44. The van der Waals surface area contributed by atoms with Gasteiger partial charge in [-0.05, 0) is 38.0 Å². The van der Waals surface area contributed by atoms with Gasteiger partial charge < -0.3 is 25.8 Å². The lowest BCUT2D eigenvalue weighted by Gasteiger charge is -2.30. The highest BCUT2D eigenvalue weighted by Gasteiger charge is 2.56. The predicted molar refractivity (Wildman–Crippen MR) is 119 cm³/mol. The number of carboxylic acids is 1. The molecule has 1 aromatic carbocycles. The summed E-state index contributed by atoms with van der Waals surface area (Å²) in [4.78, 5) is 18.1. The number of carbonyl (C=O) groups is 1. The lowest BCUT2D eigenvalue weighted by molar-refractivity contribution is -0.269. The maximum Gasteiger partial charge on any atom is 0.423 e. The van der Waals surface area contributed by atoms with E-state index in [1.54, 1.807) is 26.0 Å². The van der Waals surface area contributed by atoms with Crippen LogP contribution in [0.1, 0.15) is 37.9 Å². The number of nitrogens with one attached hydrogen (secondary N) is 1. The Morgan fingerprint density at radius 1 is 1.20 bits per heavy atom. The average Bonchev–Trinajstić information content (AvgIpc) is 2.75. The SMILES string of the molecule is CC(C)(O)c1cccc(Oc2cnc(C(O)(CCS(=N)(=O)CC[C@H](N)C(=O)O)C(F)(F)F)cn2)c1. The number of aliphatic hydroxyl groups is 2. The number of carboxylic acid groups (broad SMARTS) is 1. The zero-order valence-electron chi connectivity index (χ0n) is 19.0. The van der Waals surface area contributed by atoms with E-state index in [-0.39, 0.29) is 18.1 Å². The number of rotatable bonds is 11. The number of benzene rings is 1. The van der Waals surface area contributed by atoms with Crippen molar-refractivity contribution in [2.24, 2.45) is 5.73 Å². The summed E-state index contributed by atoms with van der Waals surface area (Å²) in [6, 6.07) is 4.91. The number of halogens is 3. The van der Waals surface area contributed by atoms with Gasteiger partial charge in [0.05, 0.1) is 23.7 Å². The van der Waals surface area contributed by atoms with Crippen LogP contribution < -0.4 is 10.5 Å². The maximum atomic E-state index is 13.8. The molecule has 1 aromatic heterocycles. The zero-order chi connectivity index (χ0) is 26.7. The molecule has 194 valence electrons. The van der Waals surface area contributed by atoms with E-state index in [0.717, 1.165) is 6.20 Å². The molecule has 0 aliphatic carbocycles. The Balaban J connectivity index is 2.19. The number of nitrogens with zero attached hydrogens (tertiary/aromatic N) is 2. The summed E-state index contributed by atoms with van der Waals surface area (Å²) >= 11 is 0. The molecule has 10 nitrogen and oxygen atoms in total. The molecule has 14 heteroatoms. The Labute approximate surface area is 200 Å². The Morgan fingerprint density at radius 3 is 2.37 bits per heavy atom. The van der Waals surface area contributed by atoms with Gasteiger partial charge in [-0.25, -0.2) is 9.19 Å². The van der Waals surface area contributed by atoms with Crippen LogP contribution in [0.4, 0.5) is 13.2 Å². The molecule has 2 rings (SSSR count). The summed E-state index contributed by atoms with van der Waals surface area (Å²) in [7, 11) is -3.67. The van der Waals surface area contributed by atoms with Crippen molar-refractivity contribution in [3.63, 3.8) is 0 Å². The van der Waals surface area contributed by atoms with E-state index < -0.39 is 62.7 Å². The second-order valence-corrected chi connectivity index (χ2v) is 10.9. The zero-order valence-corrected chi connectivity index (χ0v) is 19.8. The predicted octanol–water partition coefficient (Wildman–Crippen LogP) is 2.49. The first-order chi connectivity index (χ1) is 15.9.